The van der Waals surface area contributed by atoms with E-state index < -0.39 is 5.91 Å². The summed E-state index contributed by atoms with van der Waals surface area (Å²) in [7, 11) is 0. The fourth-order valence-electron chi connectivity index (χ4n) is 2.71. The summed E-state index contributed by atoms with van der Waals surface area (Å²) in [5, 5.41) is 10.4. The second-order valence-electron chi connectivity index (χ2n) is 6.15. The van der Waals surface area contributed by atoms with E-state index in [1.54, 1.807) is 36.4 Å². The maximum atomic E-state index is 12.4. The first kappa shape index (κ1) is 18.8. The summed E-state index contributed by atoms with van der Waals surface area (Å²) in [5.74, 6) is -0.216. The van der Waals surface area contributed by atoms with Crippen molar-refractivity contribution in [1.29, 1.82) is 0 Å². The van der Waals surface area contributed by atoms with Gasteiger partial charge in [-0.2, -0.15) is 0 Å². The normalized spacial score (nSPS) is 10.5. The lowest BCUT2D eigenvalue weighted by Crippen LogP contribution is -2.12. The SMILES string of the molecule is O=C(Nc1nnc(-c2cccc(Br)c2)o1)c1ccc(C(=O)c2ccccc2)cc1. The zero-order valence-corrected chi connectivity index (χ0v) is 16.6. The maximum Gasteiger partial charge on any atom is 0.322 e. The average Bonchev–Trinajstić information content (AvgIpc) is 3.22. The van der Waals surface area contributed by atoms with Crippen molar-refractivity contribution in [2.75, 3.05) is 5.32 Å². The second-order valence-corrected chi connectivity index (χ2v) is 7.07. The van der Waals surface area contributed by atoms with Crippen molar-refractivity contribution in [1.82, 2.24) is 10.2 Å². The molecule has 1 aromatic heterocycles. The van der Waals surface area contributed by atoms with E-state index in [9.17, 15) is 9.59 Å². The highest BCUT2D eigenvalue weighted by molar-refractivity contribution is 9.10. The molecule has 0 radical (unpaired) electrons. The Balaban J connectivity index is 1.46. The van der Waals surface area contributed by atoms with Crippen molar-refractivity contribution >= 4 is 33.6 Å². The molecule has 4 aromatic rings. The van der Waals surface area contributed by atoms with Crippen LogP contribution in [0.4, 0.5) is 6.01 Å². The number of rotatable bonds is 5. The lowest BCUT2D eigenvalue weighted by molar-refractivity contribution is 0.101. The van der Waals surface area contributed by atoms with Gasteiger partial charge in [-0.25, -0.2) is 0 Å². The molecule has 29 heavy (non-hydrogen) atoms. The van der Waals surface area contributed by atoms with Crippen molar-refractivity contribution in [3.8, 4) is 11.5 Å². The van der Waals surface area contributed by atoms with Gasteiger partial charge in [0, 0.05) is 26.7 Å². The number of amides is 1. The average molecular weight is 448 g/mol. The highest BCUT2D eigenvalue weighted by atomic mass is 79.9. The van der Waals surface area contributed by atoms with Gasteiger partial charge in [-0.05, 0) is 30.3 Å². The molecule has 0 spiro atoms. The summed E-state index contributed by atoms with van der Waals surface area (Å²) >= 11 is 3.38. The molecule has 1 amide bonds. The summed E-state index contributed by atoms with van der Waals surface area (Å²) in [6.07, 6.45) is 0. The number of carbonyl (C=O) groups excluding carboxylic acids is 2. The zero-order chi connectivity index (χ0) is 20.2. The molecule has 6 nitrogen and oxygen atoms in total. The number of carbonyl (C=O) groups is 2. The van der Waals surface area contributed by atoms with Crippen LogP contribution in [0.1, 0.15) is 26.3 Å². The summed E-state index contributed by atoms with van der Waals surface area (Å²) in [4.78, 5) is 24.9. The molecule has 7 heteroatoms. The molecule has 0 saturated heterocycles. The highest BCUT2D eigenvalue weighted by Crippen LogP contribution is 2.23. The standard InChI is InChI=1S/C22H14BrN3O3/c23-18-8-4-7-17(13-18)21-25-26-22(29-21)24-20(28)16-11-9-15(10-12-16)19(27)14-5-2-1-3-6-14/h1-13H,(H,24,26,28). The molecule has 0 bridgehead atoms. The summed E-state index contributed by atoms with van der Waals surface area (Å²) < 4.78 is 6.39. The lowest BCUT2D eigenvalue weighted by Gasteiger charge is -2.04. The monoisotopic (exact) mass is 447 g/mol. The van der Waals surface area contributed by atoms with Crippen LogP contribution in [0.5, 0.6) is 0 Å². The number of hydrogen-bond donors (Lipinski definition) is 1. The van der Waals surface area contributed by atoms with E-state index >= 15 is 0 Å². The first-order valence-electron chi connectivity index (χ1n) is 8.71. The number of anilines is 1. The number of ketones is 1. The molecule has 1 heterocycles. The van der Waals surface area contributed by atoms with E-state index in [1.165, 1.54) is 0 Å². The Morgan fingerprint density at radius 3 is 2.21 bits per heavy atom. The molecule has 0 unspecified atom stereocenters. The Morgan fingerprint density at radius 1 is 0.793 bits per heavy atom. The van der Waals surface area contributed by atoms with Crippen molar-refractivity contribution in [2.24, 2.45) is 0 Å². The van der Waals surface area contributed by atoms with Gasteiger partial charge >= 0.3 is 6.01 Å². The third-order valence-electron chi connectivity index (χ3n) is 4.16. The number of halogens is 1. The quantitative estimate of drug-likeness (QED) is 0.435. The van der Waals surface area contributed by atoms with Gasteiger partial charge in [0.15, 0.2) is 5.78 Å². The van der Waals surface area contributed by atoms with Gasteiger partial charge in [0.1, 0.15) is 0 Å². The molecule has 0 aliphatic rings. The van der Waals surface area contributed by atoms with Crippen LogP contribution in [-0.2, 0) is 0 Å². The first-order valence-corrected chi connectivity index (χ1v) is 9.50. The zero-order valence-electron chi connectivity index (χ0n) is 15.0. The first-order chi connectivity index (χ1) is 14.1. The van der Waals surface area contributed by atoms with Crippen molar-refractivity contribution in [3.05, 3.63) is 100 Å². The highest BCUT2D eigenvalue weighted by Gasteiger charge is 2.14. The maximum absolute atomic E-state index is 12.4. The van der Waals surface area contributed by atoms with Crippen molar-refractivity contribution in [3.63, 3.8) is 0 Å². The molecule has 0 aliphatic carbocycles. The molecule has 0 fully saturated rings. The number of hydrogen-bond acceptors (Lipinski definition) is 5. The predicted octanol–water partition coefficient (Wildman–Crippen LogP) is 4.98. The van der Waals surface area contributed by atoms with Gasteiger partial charge in [-0.3, -0.25) is 14.9 Å². The smallest absolute Gasteiger partial charge is 0.322 e. The lowest BCUT2D eigenvalue weighted by atomic mass is 10.0. The van der Waals surface area contributed by atoms with E-state index in [0.29, 0.717) is 22.6 Å². The van der Waals surface area contributed by atoms with Crippen LogP contribution in [0.15, 0.2) is 87.8 Å². The third-order valence-corrected chi connectivity index (χ3v) is 4.66. The van der Waals surface area contributed by atoms with E-state index in [4.69, 9.17) is 4.42 Å². The number of nitrogens with one attached hydrogen (secondary N) is 1. The molecule has 142 valence electrons. The summed E-state index contributed by atoms with van der Waals surface area (Å²) in [6, 6.07) is 22.7. The van der Waals surface area contributed by atoms with Gasteiger partial charge in [-0.1, -0.05) is 69.6 Å². The van der Waals surface area contributed by atoms with Gasteiger partial charge in [0.05, 0.1) is 0 Å². The number of benzene rings is 3. The predicted molar refractivity (Wildman–Crippen MR) is 112 cm³/mol. The Labute approximate surface area is 174 Å². The van der Waals surface area contributed by atoms with E-state index in [0.717, 1.165) is 10.0 Å². The van der Waals surface area contributed by atoms with Gasteiger partial charge < -0.3 is 4.42 Å². The number of nitrogens with zero attached hydrogens (tertiary/aromatic N) is 2. The molecule has 0 saturated carbocycles. The Morgan fingerprint density at radius 2 is 1.48 bits per heavy atom. The van der Waals surface area contributed by atoms with Crippen LogP contribution in [-0.4, -0.2) is 21.9 Å². The number of aromatic nitrogens is 2. The largest absolute Gasteiger partial charge is 0.403 e. The van der Waals surface area contributed by atoms with Crippen molar-refractivity contribution in [2.45, 2.75) is 0 Å². The molecular formula is C22H14BrN3O3. The molecular weight excluding hydrogens is 434 g/mol. The van der Waals surface area contributed by atoms with E-state index in [2.05, 4.69) is 31.4 Å². The minimum atomic E-state index is -0.409. The molecule has 0 aliphatic heterocycles. The van der Waals surface area contributed by atoms with Crippen LogP contribution in [0, 0.1) is 0 Å². The van der Waals surface area contributed by atoms with Crippen LogP contribution < -0.4 is 5.32 Å². The van der Waals surface area contributed by atoms with E-state index in [1.807, 2.05) is 42.5 Å². The topological polar surface area (TPSA) is 85.1 Å². The second kappa shape index (κ2) is 8.20. The van der Waals surface area contributed by atoms with Crippen molar-refractivity contribution < 1.29 is 14.0 Å². The minimum Gasteiger partial charge on any atom is -0.403 e. The minimum absolute atomic E-state index is 0.00517. The van der Waals surface area contributed by atoms with Crippen LogP contribution in [0.25, 0.3) is 11.5 Å². The molecule has 3 aromatic carbocycles. The van der Waals surface area contributed by atoms with Crippen LogP contribution in [0.2, 0.25) is 0 Å². The van der Waals surface area contributed by atoms with Gasteiger partial charge in [0.2, 0.25) is 5.89 Å². The summed E-state index contributed by atoms with van der Waals surface area (Å²) in [6.45, 7) is 0. The molecule has 1 N–H and O–H groups in total. The Bertz CT molecular complexity index is 1170. The fourth-order valence-corrected chi connectivity index (χ4v) is 3.11. The molecule has 4 rings (SSSR count). The Kier molecular flexibility index (Phi) is 5.31. The molecule has 0 atom stereocenters. The fraction of sp³-hybridized carbons (Fsp3) is 0. The Hall–Kier alpha value is -3.58. The van der Waals surface area contributed by atoms with Gasteiger partial charge in [0.25, 0.3) is 5.91 Å². The van der Waals surface area contributed by atoms with Crippen LogP contribution in [0.3, 0.4) is 0 Å². The van der Waals surface area contributed by atoms with E-state index in [-0.39, 0.29) is 11.8 Å². The summed E-state index contributed by atoms with van der Waals surface area (Å²) in [5.41, 5.74) is 2.20. The van der Waals surface area contributed by atoms with Gasteiger partial charge in [-0.15, -0.1) is 5.10 Å². The third kappa shape index (κ3) is 4.30. The van der Waals surface area contributed by atoms with Crippen LogP contribution >= 0.6 is 15.9 Å².